The molecule has 0 atom stereocenters. The molecule has 0 spiro atoms. The highest BCUT2D eigenvalue weighted by atomic mass is 35.5. The monoisotopic (exact) mass is 408 g/mol. The summed E-state index contributed by atoms with van der Waals surface area (Å²) in [5.41, 5.74) is 1.27. The maximum atomic E-state index is 11.0. The molecule has 0 unspecified atom stereocenters. The number of carbonyl (C=O) groups is 1. The van der Waals surface area contributed by atoms with Crippen molar-refractivity contribution < 1.29 is 14.4 Å². The van der Waals surface area contributed by atoms with E-state index in [1.807, 2.05) is 30.0 Å². The van der Waals surface area contributed by atoms with Gasteiger partial charge in [0.25, 0.3) is 0 Å². The van der Waals surface area contributed by atoms with E-state index < -0.39 is 5.97 Å². The zero-order valence-corrected chi connectivity index (χ0v) is 17.1. The maximum Gasteiger partial charge on any atom is 0.317 e. The standard InChI is InChI=1S/C20H28N4O3.ClH/c1-2-24(15-20(25)26)17-10-12-23(13-11-17)14-19-21-18(22-27-19)9-8-16-6-4-3-5-7-16;/h3-7,17H,2,8-15H2,1H3,(H,25,26);1H. The van der Waals surface area contributed by atoms with Gasteiger partial charge in [0.1, 0.15) is 0 Å². The number of aromatic nitrogens is 2. The summed E-state index contributed by atoms with van der Waals surface area (Å²) in [5, 5.41) is 13.1. The van der Waals surface area contributed by atoms with Gasteiger partial charge in [-0.25, -0.2) is 0 Å². The highest BCUT2D eigenvalue weighted by Gasteiger charge is 2.25. The lowest BCUT2D eigenvalue weighted by Gasteiger charge is -2.36. The molecule has 2 aromatic rings. The molecule has 0 aliphatic carbocycles. The third kappa shape index (κ3) is 6.58. The van der Waals surface area contributed by atoms with Crippen LogP contribution in [0.25, 0.3) is 0 Å². The number of carboxylic acid groups (broad SMARTS) is 1. The first-order chi connectivity index (χ1) is 13.1. The molecule has 7 nitrogen and oxygen atoms in total. The minimum Gasteiger partial charge on any atom is -0.480 e. The van der Waals surface area contributed by atoms with Crippen molar-refractivity contribution in [3.63, 3.8) is 0 Å². The summed E-state index contributed by atoms with van der Waals surface area (Å²) in [4.78, 5) is 19.9. The minimum atomic E-state index is -0.756. The molecule has 2 heterocycles. The van der Waals surface area contributed by atoms with Gasteiger partial charge in [-0.3, -0.25) is 14.6 Å². The molecule has 3 rings (SSSR count). The fourth-order valence-corrected chi connectivity index (χ4v) is 3.66. The number of rotatable bonds is 9. The molecule has 154 valence electrons. The Hall–Kier alpha value is -1.96. The van der Waals surface area contributed by atoms with Crippen molar-refractivity contribution in [1.29, 1.82) is 0 Å². The van der Waals surface area contributed by atoms with Gasteiger partial charge in [-0.05, 0) is 31.4 Å². The van der Waals surface area contributed by atoms with Crippen molar-refractivity contribution >= 4 is 18.4 Å². The number of piperidine rings is 1. The fraction of sp³-hybridized carbons (Fsp3) is 0.550. The van der Waals surface area contributed by atoms with Crippen LogP contribution in [0.1, 0.15) is 37.0 Å². The molecule has 1 aliphatic rings. The molecular weight excluding hydrogens is 380 g/mol. The van der Waals surface area contributed by atoms with Gasteiger partial charge >= 0.3 is 5.97 Å². The van der Waals surface area contributed by atoms with Crippen molar-refractivity contribution in [2.45, 2.75) is 45.2 Å². The van der Waals surface area contributed by atoms with E-state index in [1.54, 1.807) is 0 Å². The topological polar surface area (TPSA) is 82.7 Å². The van der Waals surface area contributed by atoms with Crippen LogP contribution in [0.5, 0.6) is 0 Å². The number of hydrogen-bond donors (Lipinski definition) is 1. The highest BCUT2D eigenvalue weighted by Crippen LogP contribution is 2.18. The summed E-state index contributed by atoms with van der Waals surface area (Å²) in [6, 6.07) is 10.6. The van der Waals surface area contributed by atoms with Crippen molar-refractivity contribution in [2.75, 3.05) is 26.2 Å². The average Bonchev–Trinajstić information content (AvgIpc) is 3.13. The summed E-state index contributed by atoms with van der Waals surface area (Å²) < 4.78 is 5.41. The molecular formula is C20H29ClN4O3. The summed E-state index contributed by atoms with van der Waals surface area (Å²) >= 11 is 0. The van der Waals surface area contributed by atoms with Crippen LogP contribution in [0.3, 0.4) is 0 Å². The predicted molar refractivity (Wildman–Crippen MR) is 109 cm³/mol. The molecule has 1 aromatic carbocycles. The van der Waals surface area contributed by atoms with E-state index in [2.05, 4.69) is 27.2 Å². The van der Waals surface area contributed by atoms with Crippen LogP contribution < -0.4 is 0 Å². The summed E-state index contributed by atoms with van der Waals surface area (Å²) in [7, 11) is 0. The average molecular weight is 409 g/mol. The molecule has 1 aromatic heterocycles. The van der Waals surface area contributed by atoms with Crippen LogP contribution in [-0.2, 0) is 24.2 Å². The normalized spacial score (nSPS) is 15.5. The first-order valence-electron chi connectivity index (χ1n) is 9.67. The lowest BCUT2D eigenvalue weighted by Crippen LogP contribution is -2.46. The second kappa shape index (κ2) is 11.1. The first kappa shape index (κ1) is 22.3. The van der Waals surface area contributed by atoms with Crippen molar-refractivity contribution in [3.05, 3.63) is 47.6 Å². The molecule has 1 N–H and O–H groups in total. The van der Waals surface area contributed by atoms with Gasteiger partial charge in [0, 0.05) is 25.6 Å². The number of carboxylic acids is 1. The van der Waals surface area contributed by atoms with Crippen LogP contribution in [0.2, 0.25) is 0 Å². The molecule has 1 saturated heterocycles. The Labute approximate surface area is 172 Å². The van der Waals surface area contributed by atoms with Crippen LogP contribution in [0.15, 0.2) is 34.9 Å². The van der Waals surface area contributed by atoms with Crippen LogP contribution in [0, 0.1) is 0 Å². The van der Waals surface area contributed by atoms with Gasteiger partial charge in [0.05, 0.1) is 13.1 Å². The largest absolute Gasteiger partial charge is 0.480 e. The predicted octanol–water partition coefficient (Wildman–Crippen LogP) is 2.65. The van der Waals surface area contributed by atoms with E-state index in [0.717, 1.165) is 51.1 Å². The first-order valence-corrected chi connectivity index (χ1v) is 9.67. The van der Waals surface area contributed by atoms with Gasteiger partial charge in [-0.15, -0.1) is 12.4 Å². The van der Waals surface area contributed by atoms with Gasteiger partial charge in [0.15, 0.2) is 5.82 Å². The quantitative estimate of drug-likeness (QED) is 0.682. The van der Waals surface area contributed by atoms with Crippen LogP contribution in [-0.4, -0.2) is 63.2 Å². The van der Waals surface area contributed by atoms with E-state index in [-0.39, 0.29) is 19.0 Å². The smallest absolute Gasteiger partial charge is 0.317 e. The number of benzene rings is 1. The molecule has 28 heavy (non-hydrogen) atoms. The molecule has 0 saturated carbocycles. The maximum absolute atomic E-state index is 11.0. The van der Waals surface area contributed by atoms with Gasteiger partial charge < -0.3 is 9.63 Å². The number of nitrogens with zero attached hydrogens (tertiary/aromatic N) is 4. The van der Waals surface area contributed by atoms with E-state index in [0.29, 0.717) is 18.5 Å². The fourth-order valence-electron chi connectivity index (χ4n) is 3.66. The van der Waals surface area contributed by atoms with Crippen LogP contribution >= 0.6 is 12.4 Å². The number of likely N-dealkylation sites (N-methyl/N-ethyl adjacent to an activating group) is 1. The van der Waals surface area contributed by atoms with E-state index in [1.165, 1.54) is 5.56 Å². The Kier molecular flexibility index (Phi) is 8.89. The highest BCUT2D eigenvalue weighted by molar-refractivity contribution is 5.85. The second-order valence-corrected chi connectivity index (χ2v) is 7.05. The number of halogens is 1. The summed E-state index contributed by atoms with van der Waals surface area (Å²) in [5.74, 6) is 0.657. The molecule has 1 aliphatic heterocycles. The van der Waals surface area contributed by atoms with Gasteiger partial charge in [-0.2, -0.15) is 4.98 Å². The van der Waals surface area contributed by atoms with E-state index in [4.69, 9.17) is 9.63 Å². The van der Waals surface area contributed by atoms with Crippen molar-refractivity contribution in [2.24, 2.45) is 0 Å². The van der Waals surface area contributed by atoms with Crippen molar-refractivity contribution in [1.82, 2.24) is 19.9 Å². The number of likely N-dealkylation sites (tertiary alicyclic amines) is 1. The van der Waals surface area contributed by atoms with Gasteiger partial charge in [0.2, 0.25) is 5.89 Å². The molecule has 0 bridgehead atoms. The lowest BCUT2D eigenvalue weighted by molar-refractivity contribution is -0.139. The Balaban J connectivity index is 0.00000280. The Bertz CT molecular complexity index is 717. The molecule has 8 heteroatoms. The summed E-state index contributed by atoms with van der Waals surface area (Å²) in [6.07, 6.45) is 3.62. The van der Waals surface area contributed by atoms with Crippen LogP contribution in [0.4, 0.5) is 0 Å². The minimum absolute atomic E-state index is 0. The van der Waals surface area contributed by atoms with E-state index in [9.17, 15) is 4.79 Å². The zero-order chi connectivity index (χ0) is 19.1. The zero-order valence-electron chi connectivity index (χ0n) is 16.3. The molecule has 0 amide bonds. The molecule has 1 fully saturated rings. The number of aliphatic carboxylic acids is 1. The van der Waals surface area contributed by atoms with Crippen molar-refractivity contribution in [3.8, 4) is 0 Å². The Morgan fingerprint density at radius 1 is 1.25 bits per heavy atom. The third-order valence-electron chi connectivity index (χ3n) is 5.17. The Morgan fingerprint density at radius 2 is 1.96 bits per heavy atom. The number of aryl methyl sites for hydroxylation is 2. The lowest BCUT2D eigenvalue weighted by atomic mass is 10.0. The Morgan fingerprint density at radius 3 is 2.61 bits per heavy atom. The second-order valence-electron chi connectivity index (χ2n) is 7.05. The van der Waals surface area contributed by atoms with Gasteiger partial charge in [-0.1, -0.05) is 42.4 Å². The van der Waals surface area contributed by atoms with E-state index >= 15 is 0 Å². The molecule has 0 radical (unpaired) electrons. The third-order valence-corrected chi connectivity index (χ3v) is 5.17. The number of hydrogen-bond acceptors (Lipinski definition) is 6. The SMILES string of the molecule is CCN(CC(=O)O)C1CCN(Cc2nc(CCc3ccccc3)no2)CC1.Cl. The summed E-state index contributed by atoms with van der Waals surface area (Å²) in [6.45, 7) is 5.41.